The Morgan fingerprint density at radius 2 is 1.19 bits per heavy atom. The van der Waals surface area contributed by atoms with Gasteiger partial charge in [-0.1, -0.05) is 6.07 Å². The van der Waals surface area contributed by atoms with Gasteiger partial charge in [-0.2, -0.15) is 0 Å². The summed E-state index contributed by atoms with van der Waals surface area (Å²) in [6, 6.07) is 9.47. The van der Waals surface area contributed by atoms with Crippen molar-refractivity contribution in [1.29, 1.82) is 0 Å². The quantitative estimate of drug-likeness (QED) is 0.0916. The third-order valence-corrected chi connectivity index (χ3v) is 6.51. The molecule has 4 aromatic carbocycles. The molecule has 1 aliphatic heterocycles. The number of phenols is 8. The molecule has 1 aliphatic rings. The van der Waals surface area contributed by atoms with Gasteiger partial charge in [0.15, 0.2) is 46.0 Å². The number of aliphatic hydroxyl groups excluding tert-OH is 1. The lowest BCUT2D eigenvalue weighted by atomic mass is 9.94. The van der Waals surface area contributed by atoms with Gasteiger partial charge in [0.25, 0.3) is 0 Å². The minimum Gasteiger partial charge on any atom is -0.507 e. The number of phenolic OH excluding ortho intramolecular Hbond substituents is 8. The number of fused-ring (bicyclic) bond motifs is 1. The highest BCUT2D eigenvalue weighted by molar-refractivity contribution is 5.93. The molecule has 1 heterocycles. The van der Waals surface area contributed by atoms with E-state index in [1.807, 2.05) is 0 Å². The third-order valence-electron chi connectivity index (χ3n) is 6.51. The molecule has 0 aliphatic carbocycles. The summed E-state index contributed by atoms with van der Waals surface area (Å²) < 4.78 is 16.3. The zero-order valence-electron chi connectivity index (χ0n) is 21.6. The fraction of sp³-hybridized carbons (Fsp3) is 0.103. The Labute approximate surface area is 240 Å². The second-order valence-corrected chi connectivity index (χ2v) is 9.46. The average Bonchev–Trinajstić information content (AvgIpc) is 2.95. The van der Waals surface area contributed by atoms with Crippen molar-refractivity contribution in [2.45, 2.75) is 18.6 Å². The number of benzene rings is 4. The zero-order chi connectivity index (χ0) is 31.2. The van der Waals surface area contributed by atoms with Gasteiger partial charge in [0, 0.05) is 24.1 Å². The van der Waals surface area contributed by atoms with Gasteiger partial charge in [0.05, 0.1) is 17.2 Å². The van der Waals surface area contributed by atoms with E-state index in [0.29, 0.717) is 0 Å². The molecule has 9 N–H and O–H groups in total. The maximum Gasteiger partial charge on any atom is 0.343 e. The lowest BCUT2D eigenvalue weighted by Crippen LogP contribution is -2.30. The molecule has 14 heteroatoms. The van der Waals surface area contributed by atoms with E-state index in [4.69, 9.17) is 14.2 Å². The molecule has 2 unspecified atom stereocenters. The highest BCUT2D eigenvalue weighted by Crippen LogP contribution is 2.44. The number of rotatable bonds is 5. The fourth-order valence-electron chi connectivity index (χ4n) is 4.36. The maximum absolute atomic E-state index is 12.6. The molecule has 0 fully saturated rings. The normalized spacial score (nSPS) is 15.7. The van der Waals surface area contributed by atoms with Crippen LogP contribution in [-0.2, 0) is 6.42 Å². The second kappa shape index (κ2) is 10.8. The Morgan fingerprint density at radius 3 is 1.74 bits per heavy atom. The molecule has 0 amide bonds. The van der Waals surface area contributed by atoms with E-state index < -0.39 is 64.4 Å². The smallest absolute Gasteiger partial charge is 0.343 e. The first kappa shape index (κ1) is 28.5. The minimum absolute atomic E-state index is 0.0103. The molecule has 4 aromatic rings. The average molecular weight is 594 g/mol. The number of ether oxygens (including phenoxy) is 3. The summed E-state index contributed by atoms with van der Waals surface area (Å²) in [4.78, 5) is 25.2. The maximum atomic E-state index is 12.6. The van der Waals surface area contributed by atoms with Crippen LogP contribution in [0.2, 0.25) is 0 Å². The Morgan fingerprint density at radius 1 is 0.651 bits per heavy atom. The molecule has 14 nitrogen and oxygen atoms in total. The van der Waals surface area contributed by atoms with Crippen LogP contribution < -0.4 is 14.2 Å². The van der Waals surface area contributed by atoms with Gasteiger partial charge in [-0.25, -0.2) is 9.59 Å². The largest absolute Gasteiger partial charge is 0.507 e. The summed E-state index contributed by atoms with van der Waals surface area (Å²) in [7, 11) is 0. The van der Waals surface area contributed by atoms with Crippen molar-refractivity contribution in [2.24, 2.45) is 0 Å². The zero-order valence-corrected chi connectivity index (χ0v) is 21.6. The lowest BCUT2D eigenvalue weighted by molar-refractivity contribution is 0.0196. The monoisotopic (exact) mass is 594 g/mol. The van der Waals surface area contributed by atoms with E-state index in [0.717, 1.165) is 36.4 Å². The number of esters is 2. The van der Waals surface area contributed by atoms with Gasteiger partial charge >= 0.3 is 11.9 Å². The van der Waals surface area contributed by atoms with Gasteiger partial charge in [-0.15, -0.1) is 0 Å². The number of hydrogen-bond donors (Lipinski definition) is 9. The number of carbonyl (C=O) groups is 2. The van der Waals surface area contributed by atoms with E-state index in [-0.39, 0.29) is 51.7 Å². The van der Waals surface area contributed by atoms with Crippen molar-refractivity contribution in [2.75, 3.05) is 0 Å². The molecule has 0 saturated heterocycles. The van der Waals surface area contributed by atoms with Crippen LogP contribution in [0.15, 0.2) is 54.6 Å². The lowest BCUT2D eigenvalue weighted by Gasteiger charge is -2.31. The summed E-state index contributed by atoms with van der Waals surface area (Å²) in [6.07, 6.45) is -2.50. The molecule has 43 heavy (non-hydrogen) atoms. The molecule has 0 saturated carbocycles. The Bertz CT molecular complexity index is 1730. The summed E-state index contributed by atoms with van der Waals surface area (Å²) in [6.45, 7) is 0. The van der Waals surface area contributed by atoms with E-state index in [1.54, 1.807) is 0 Å². The fourth-order valence-corrected chi connectivity index (χ4v) is 4.36. The van der Waals surface area contributed by atoms with Gasteiger partial charge in [0.1, 0.15) is 23.4 Å². The first-order valence-corrected chi connectivity index (χ1v) is 12.3. The third kappa shape index (κ3) is 5.49. The number of aromatic hydroxyl groups is 8. The second-order valence-electron chi connectivity index (χ2n) is 9.46. The van der Waals surface area contributed by atoms with Crippen LogP contribution in [0.4, 0.5) is 0 Å². The van der Waals surface area contributed by atoms with Crippen LogP contribution in [0, 0.1) is 0 Å². The van der Waals surface area contributed by atoms with Gasteiger partial charge in [0.2, 0.25) is 0 Å². The highest BCUT2D eigenvalue weighted by Gasteiger charge is 2.33. The van der Waals surface area contributed by atoms with E-state index in [1.165, 1.54) is 18.2 Å². The topological polar surface area (TPSA) is 244 Å². The van der Waals surface area contributed by atoms with Gasteiger partial charge < -0.3 is 60.2 Å². The van der Waals surface area contributed by atoms with Crippen LogP contribution in [0.1, 0.15) is 37.9 Å². The molecular formula is C29H22O14. The van der Waals surface area contributed by atoms with Crippen molar-refractivity contribution in [1.82, 2.24) is 0 Å². The molecule has 2 atom stereocenters. The molecule has 5 rings (SSSR count). The SMILES string of the molecule is O=C(Oc1cc(O)c2c(c1)OC(c1ccc(O)c(OC(=O)c3cc(O)c(O)c(O)c3)c1)C(O)C2)c1cc(O)c(O)c(O)c1. The first-order valence-electron chi connectivity index (χ1n) is 12.3. The van der Waals surface area contributed by atoms with Gasteiger partial charge in [-0.05, 0) is 42.0 Å². The van der Waals surface area contributed by atoms with Crippen molar-refractivity contribution in [3.05, 3.63) is 76.9 Å². The Hall–Kier alpha value is -6.02. The molecule has 0 spiro atoms. The summed E-state index contributed by atoms with van der Waals surface area (Å²) in [5.74, 6) is -8.36. The van der Waals surface area contributed by atoms with Crippen molar-refractivity contribution in [3.63, 3.8) is 0 Å². The van der Waals surface area contributed by atoms with Crippen molar-refractivity contribution < 1.29 is 69.8 Å². The van der Waals surface area contributed by atoms with Crippen LogP contribution in [0.25, 0.3) is 0 Å². The standard InChI is InChI=1S/C29H22O14/c30-16-2-1-11(7-24(16)43-29(40)13-5-20(34)26(38)21(35)6-13)27-22(36)10-15-17(31)8-14(9-23(15)42-27)41-28(39)12-3-18(32)25(37)19(33)4-12/h1-9,22,27,30-38H,10H2. The Balaban J connectivity index is 1.39. The predicted molar refractivity (Wildman–Crippen MR) is 142 cm³/mol. The first-order chi connectivity index (χ1) is 20.3. The van der Waals surface area contributed by atoms with E-state index in [9.17, 15) is 55.5 Å². The van der Waals surface area contributed by atoms with Gasteiger partial charge in [-0.3, -0.25) is 0 Å². The number of hydrogen-bond acceptors (Lipinski definition) is 14. The van der Waals surface area contributed by atoms with Crippen molar-refractivity contribution in [3.8, 4) is 63.2 Å². The van der Waals surface area contributed by atoms with Crippen LogP contribution in [0.5, 0.6) is 63.2 Å². The molecular weight excluding hydrogens is 572 g/mol. The highest BCUT2D eigenvalue weighted by atomic mass is 16.5. The summed E-state index contributed by atoms with van der Waals surface area (Å²) in [5.41, 5.74) is -0.271. The molecule has 0 radical (unpaired) electrons. The van der Waals surface area contributed by atoms with Crippen LogP contribution >= 0.6 is 0 Å². The van der Waals surface area contributed by atoms with Crippen LogP contribution in [0.3, 0.4) is 0 Å². The Kier molecular flexibility index (Phi) is 7.13. The number of carbonyl (C=O) groups excluding carboxylic acids is 2. The minimum atomic E-state index is -1.24. The van der Waals surface area contributed by atoms with Crippen LogP contribution in [-0.4, -0.2) is 64.0 Å². The van der Waals surface area contributed by atoms with E-state index in [2.05, 4.69) is 0 Å². The van der Waals surface area contributed by atoms with E-state index >= 15 is 0 Å². The summed E-state index contributed by atoms with van der Waals surface area (Å²) >= 11 is 0. The summed E-state index contributed by atoms with van der Waals surface area (Å²) in [5, 5.41) is 89.2. The molecule has 222 valence electrons. The molecule has 0 aromatic heterocycles. The number of aliphatic hydroxyl groups is 1. The molecule has 0 bridgehead atoms. The predicted octanol–water partition coefficient (Wildman–Crippen LogP) is 2.81. The van der Waals surface area contributed by atoms with Crippen molar-refractivity contribution >= 4 is 11.9 Å².